The minimum Gasteiger partial charge on any atom is -0.307 e. The second-order valence-electron chi connectivity index (χ2n) is 5.99. The zero-order chi connectivity index (χ0) is 16.6. The number of amides is 1. The van der Waals surface area contributed by atoms with Crippen LogP contribution in [-0.4, -0.2) is 35.6 Å². The molecule has 6 nitrogen and oxygen atoms in total. The fourth-order valence-electron chi connectivity index (χ4n) is 2.75. The van der Waals surface area contributed by atoms with E-state index < -0.39 is 9.84 Å². The highest BCUT2D eigenvalue weighted by Gasteiger charge is 2.31. The molecular weight excluding hydrogens is 314 g/mol. The van der Waals surface area contributed by atoms with Gasteiger partial charge in [-0.2, -0.15) is 5.10 Å². The molecule has 2 heterocycles. The van der Waals surface area contributed by atoms with Crippen molar-refractivity contribution in [2.24, 2.45) is 0 Å². The molecule has 1 atom stereocenters. The number of carbonyl (C=O) groups excluding carboxylic acids is 1. The van der Waals surface area contributed by atoms with Gasteiger partial charge in [0.25, 0.3) is 5.91 Å². The molecule has 2 aromatic rings. The molecule has 1 amide bonds. The van der Waals surface area contributed by atoms with Crippen LogP contribution < -0.4 is 5.32 Å². The van der Waals surface area contributed by atoms with Crippen LogP contribution in [-0.2, 0) is 9.84 Å². The minimum absolute atomic E-state index is 0.0710. The summed E-state index contributed by atoms with van der Waals surface area (Å²) in [4.78, 5) is 12.4. The van der Waals surface area contributed by atoms with Gasteiger partial charge >= 0.3 is 0 Å². The maximum Gasteiger partial charge on any atom is 0.256 e. The fourth-order valence-corrected chi connectivity index (χ4v) is 4.44. The van der Waals surface area contributed by atoms with E-state index in [0.717, 1.165) is 11.3 Å². The van der Waals surface area contributed by atoms with Gasteiger partial charge in [0.05, 0.1) is 23.2 Å². The summed E-state index contributed by atoms with van der Waals surface area (Å²) < 4.78 is 25.0. The molecular formula is C16H19N3O3S. The number of benzene rings is 1. The van der Waals surface area contributed by atoms with E-state index in [-0.39, 0.29) is 23.5 Å². The van der Waals surface area contributed by atoms with Crippen LogP contribution in [0.1, 0.15) is 34.1 Å². The van der Waals surface area contributed by atoms with Crippen LogP contribution in [0.4, 0.5) is 5.82 Å². The number of hydrogen-bond donors (Lipinski definition) is 1. The summed E-state index contributed by atoms with van der Waals surface area (Å²) >= 11 is 0. The van der Waals surface area contributed by atoms with Crippen LogP contribution >= 0.6 is 0 Å². The first-order valence-corrected chi connectivity index (χ1v) is 9.31. The van der Waals surface area contributed by atoms with Gasteiger partial charge in [-0.05, 0) is 32.4 Å². The highest BCUT2D eigenvalue weighted by Crippen LogP contribution is 2.27. The lowest BCUT2D eigenvalue weighted by Crippen LogP contribution is -2.19. The lowest BCUT2D eigenvalue weighted by atomic mass is 10.1. The highest BCUT2D eigenvalue weighted by molar-refractivity contribution is 7.91. The predicted molar refractivity (Wildman–Crippen MR) is 88.4 cm³/mol. The van der Waals surface area contributed by atoms with Crippen molar-refractivity contribution in [2.75, 3.05) is 16.8 Å². The molecule has 1 fully saturated rings. The van der Waals surface area contributed by atoms with E-state index in [1.54, 1.807) is 22.9 Å². The number of anilines is 1. The number of hydrogen-bond acceptors (Lipinski definition) is 4. The summed E-state index contributed by atoms with van der Waals surface area (Å²) in [6.45, 7) is 3.78. The Kier molecular flexibility index (Phi) is 3.97. The van der Waals surface area contributed by atoms with Crippen LogP contribution in [0, 0.1) is 13.8 Å². The summed E-state index contributed by atoms with van der Waals surface area (Å²) in [6, 6.07) is 8.82. The molecule has 0 bridgehead atoms. The maximum absolute atomic E-state index is 12.4. The Balaban J connectivity index is 1.83. The third-order valence-corrected chi connectivity index (χ3v) is 5.72. The van der Waals surface area contributed by atoms with E-state index in [9.17, 15) is 13.2 Å². The van der Waals surface area contributed by atoms with E-state index in [2.05, 4.69) is 10.4 Å². The molecule has 0 radical (unpaired) electrons. The summed E-state index contributed by atoms with van der Waals surface area (Å²) in [6.07, 6.45) is 0.525. The molecule has 7 heteroatoms. The molecule has 1 aliphatic rings. The molecule has 0 aliphatic carbocycles. The van der Waals surface area contributed by atoms with Crippen molar-refractivity contribution in [3.63, 3.8) is 0 Å². The van der Waals surface area contributed by atoms with Gasteiger partial charge in [0.2, 0.25) is 0 Å². The third-order valence-electron chi connectivity index (χ3n) is 3.97. The van der Waals surface area contributed by atoms with Gasteiger partial charge in [0.1, 0.15) is 5.82 Å². The molecule has 23 heavy (non-hydrogen) atoms. The maximum atomic E-state index is 12.4. The number of carbonyl (C=O) groups is 1. The third kappa shape index (κ3) is 3.44. The molecule has 122 valence electrons. The molecule has 1 N–H and O–H groups in total. The van der Waals surface area contributed by atoms with Crippen LogP contribution in [0.15, 0.2) is 30.3 Å². The highest BCUT2D eigenvalue weighted by atomic mass is 32.2. The van der Waals surface area contributed by atoms with Crippen molar-refractivity contribution in [1.29, 1.82) is 0 Å². The van der Waals surface area contributed by atoms with Gasteiger partial charge in [-0.25, -0.2) is 13.1 Å². The summed E-state index contributed by atoms with van der Waals surface area (Å²) in [5.74, 6) is 0.547. The van der Waals surface area contributed by atoms with E-state index in [0.29, 0.717) is 17.8 Å². The first kappa shape index (κ1) is 15.7. The van der Waals surface area contributed by atoms with Crippen molar-refractivity contribution in [1.82, 2.24) is 9.78 Å². The zero-order valence-corrected chi connectivity index (χ0v) is 13.9. The number of rotatable bonds is 3. The number of nitrogens with zero attached hydrogens (tertiary/aromatic N) is 2. The lowest BCUT2D eigenvalue weighted by molar-refractivity contribution is 0.102. The Bertz CT molecular complexity index is 838. The Morgan fingerprint density at radius 3 is 2.57 bits per heavy atom. The Labute approximate surface area is 135 Å². The molecule has 0 unspecified atom stereocenters. The van der Waals surface area contributed by atoms with E-state index >= 15 is 0 Å². The average molecular weight is 333 g/mol. The Hall–Kier alpha value is -2.15. The number of aryl methyl sites for hydroxylation is 2. The smallest absolute Gasteiger partial charge is 0.256 e. The van der Waals surface area contributed by atoms with Crippen LogP contribution in [0.5, 0.6) is 0 Å². The second kappa shape index (κ2) is 5.81. The van der Waals surface area contributed by atoms with Crippen molar-refractivity contribution in [3.05, 3.63) is 47.2 Å². The topological polar surface area (TPSA) is 81.1 Å². The summed E-state index contributed by atoms with van der Waals surface area (Å²) in [5, 5.41) is 7.19. The molecule has 1 aromatic carbocycles. The summed E-state index contributed by atoms with van der Waals surface area (Å²) in [7, 11) is -3.01. The normalized spacial score (nSPS) is 19.7. The lowest BCUT2D eigenvalue weighted by Gasteiger charge is -2.13. The quantitative estimate of drug-likeness (QED) is 0.933. The molecule has 1 aliphatic heterocycles. The van der Waals surface area contributed by atoms with Gasteiger partial charge in [0, 0.05) is 11.6 Å². The predicted octanol–water partition coefficient (Wildman–Crippen LogP) is 2.11. The van der Waals surface area contributed by atoms with Crippen LogP contribution in [0.3, 0.4) is 0 Å². The summed E-state index contributed by atoms with van der Waals surface area (Å²) in [5.41, 5.74) is 2.38. The van der Waals surface area contributed by atoms with Crippen LogP contribution in [0.2, 0.25) is 0 Å². The van der Waals surface area contributed by atoms with Crippen molar-refractivity contribution >= 4 is 21.6 Å². The standard InChI is InChI=1S/C16H19N3O3S/c1-11-3-5-13(6-4-11)16(20)17-15-9-12(2)18-19(15)14-7-8-23(21,22)10-14/h3-6,9,14H,7-8,10H2,1-2H3,(H,17,20)/t14-/m1/s1. The first-order chi connectivity index (χ1) is 10.8. The molecule has 0 spiro atoms. The molecule has 1 saturated heterocycles. The van der Waals surface area contributed by atoms with Gasteiger partial charge in [-0.3, -0.25) is 4.79 Å². The van der Waals surface area contributed by atoms with Gasteiger partial charge in [0.15, 0.2) is 9.84 Å². The fraction of sp³-hybridized carbons (Fsp3) is 0.375. The Morgan fingerprint density at radius 2 is 1.96 bits per heavy atom. The number of nitrogens with one attached hydrogen (secondary N) is 1. The van der Waals surface area contributed by atoms with Gasteiger partial charge < -0.3 is 5.32 Å². The van der Waals surface area contributed by atoms with E-state index in [1.807, 2.05) is 26.0 Å². The largest absolute Gasteiger partial charge is 0.307 e. The van der Waals surface area contributed by atoms with Crippen molar-refractivity contribution < 1.29 is 13.2 Å². The average Bonchev–Trinajstić information content (AvgIpc) is 3.02. The van der Waals surface area contributed by atoms with Crippen LogP contribution in [0.25, 0.3) is 0 Å². The molecule has 1 aromatic heterocycles. The van der Waals surface area contributed by atoms with E-state index in [4.69, 9.17) is 0 Å². The SMILES string of the molecule is Cc1ccc(C(=O)Nc2cc(C)nn2[C@@H]2CCS(=O)(=O)C2)cc1. The minimum atomic E-state index is -3.01. The Morgan fingerprint density at radius 1 is 1.26 bits per heavy atom. The van der Waals surface area contributed by atoms with E-state index in [1.165, 1.54) is 0 Å². The monoisotopic (exact) mass is 333 g/mol. The molecule has 3 rings (SSSR count). The zero-order valence-electron chi connectivity index (χ0n) is 13.1. The van der Waals surface area contributed by atoms with Gasteiger partial charge in [-0.1, -0.05) is 17.7 Å². The molecule has 0 saturated carbocycles. The first-order valence-electron chi connectivity index (χ1n) is 7.49. The second-order valence-corrected chi connectivity index (χ2v) is 8.22. The number of sulfone groups is 1. The van der Waals surface area contributed by atoms with Crippen molar-refractivity contribution in [3.8, 4) is 0 Å². The number of aromatic nitrogens is 2. The van der Waals surface area contributed by atoms with Crippen molar-refractivity contribution in [2.45, 2.75) is 26.3 Å². The van der Waals surface area contributed by atoms with Gasteiger partial charge in [-0.15, -0.1) is 0 Å².